The second kappa shape index (κ2) is 11.2. The molecule has 2 nitrogen and oxygen atoms in total. The lowest BCUT2D eigenvalue weighted by atomic mass is 9.68. The minimum Gasteiger partial charge on any atom is -0.310 e. The molecule has 3 heterocycles. The molecule has 0 bridgehead atoms. The predicted molar refractivity (Wildman–Crippen MR) is 228 cm³/mol. The van der Waals surface area contributed by atoms with E-state index in [1.165, 1.54) is 88.8 Å². The summed E-state index contributed by atoms with van der Waals surface area (Å²) in [5.74, 6) is 0. The van der Waals surface area contributed by atoms with E-state index in [0.717, 1.165) is 24.2 Å². The van der Waals surface area contributed by atoms with Crippen molar-refractivity contribution >= 4 is 44.9 Å². The molecule has 1 aromatic heterocycles. The van der Waals surface area contributed by atoms with Crippen molar-refractivity contribution in [1.29, 1.82) is 0 Å². The molecular weight excluding hydrogens is 653 g/mol. The summed E-state index contributed by atoms with van der Waals surface area (Å²) < 4.78 is 2.63. The number of fused-ring (bicyclic) bond motifs is 2. The van der Waals surface area contributed by atoms with Crippen molar-refractivity contribution in [3.8, 4) is 27.9 Å². The van der Waals surface area contributed by atoms with Crippen LogP contribution in [0.5, 0.6) is 0 Å². The van der Waals surface area contributed by atoms with Crippen LogP contribution >= 0.6 is 0 Å². The zero-order chi connectivity index (χ0) is 36.3. The van der Waals surface area contributed by atoms with E-state index in [-0.39, 0.29) is 10.8 Å². The maximum Gasteiger partial charge on any atom is 0.0582 e. The number of rotatable bonds is 5. The van der Waals surface area contributed by atoms with Crippen molar-refractivity contribution in [3.63, 3.8) is 0 Å². The molecule has 1 aliphatic carbocycles. The number of nitrogens with zero attached hydrogens (tertiary/aromatic N) is 2. The zero-order valence-corrected chi connectivity index (χ0v) is 31.3. The SMILES string of the molecule is CC1(C)c2cccc3c2-n2c4c1cc(-c1ccccc1)cc4c1cc(-c4ccc(N(c5ccccc5)c5ccc6c(c5)CCC=C6)cc4)cc(c12)C3(C)C. The summed E-state index contributed by atoms with van der Waals surface area (Å²) in [6.45, 7) is 9.69. The van der Waals surface area contributed by atoms with Gasteiger partial charge in [0.05, 0.1) is 16.7 Å². The molecule has 2 aliphatic heterocycles. The minimum atomic E-state index is -0.175. The quantitative estimate of drug-likeness (QED) is 0.174. The summed E-state index contributed by atoms with van der Waals surface area (Å²) in [6.07, 6.45) is 6.72. The van der Waals surface area contributed by atoms with Crippen LogP contribution < -0.4 is 4.90 Å². The van der Waals surface area contributed by atoms with Crippen LogP contribution in [0.3, 0.4) is 0 Å². The van der Waals surface area contributed by atoms with E-state index in [0.29, 0.717) is 0 Å². The Bertz CT molecular complexity index is 2850. The maximum absolute atomic E-state index is 2.63. The van der Waals surface area contributed by atoms with Crippen LogP contribution in [0.4, 0.5) is 17.1 Å². The number of para-hydroxylation sites is 2. The first-order chi connectivity index (χ1) is 26.3. The van der Waals surface area contributed by atoms with E-state index in [1.54, 1.807) is 0 Å². The summed E-state index contributed by atoms with van der Waals surface area (Å²) >= 11 is 0. The van der Waals surface area contributed by atoms with E-state index in [9.17, 15) is 0 Å². The van der Waals surface area contributed by atoms with Crippen LogP contribution in [-0.2, 0) is 17.3 Å². The molecule has 0 saturated heterocycles. The number of hydrogen-bond donors (Lipinski definition) is 0. The van der Waals surface area contributed by atoms with Gasteiger partial charge in [-0.1, -0.05) is 125 Å². The Hall–Kier alpha value is -6.12. The van der Waals surface area contributed by atoms with Gasteiger partial charge in [0.2, 0.25) is 0 Å². The minimum absolute atomic E-state index is 0.148. The van der Waals surface area contributed by atoms with Gasteiger partial charge in [-0.05, 0) is 129 Å². The maximum atomic E-state index is 2.63. The van der Waals surface area contributed by atoms with E-state index >= 15 is 0 Å². The van der Waals surface area contributed by atoms with Crippen LogP contribution in [0.1, 0.15) is 67.5 Å². The highest BCUT2D eigenvalue weighted by atomic mass is 15.1. The lowest BCUT2D eigenvalue weighted by molar-refractivity contribution is 0.594. The van der Waals surface area contributed by atoms with E-state index < -0.39 is 0 Å². The molecule has 0 N–H and O–H groups in total. The van der Waals surface area contributed by atoms with E-state index in [4.69, 9.17) is 0 Å². The standard InChI is InChI=1S/C52H42N2/c1-51(2)44-20-13-21-45-50(44)54-48-42(29-37(31-46(48)51)33-14-7-5-8-15-33)43-30-38(32-47(49(43)54)52(45,3)4)35-22-25-40(26-23-35)53(39-18-9-6-10-19-39)41-27-24-34-16-11-12-17-36(34)28-41/h5-11,13-16,18-32H,12,17H2,1-4H3. The fraction of sp³-hybridized carbons (Fsp3) is 0.154. The molecule has 7 aromatic carbocycles. The van der Waals surface area contributed by atoms with Crippen molar-refractivity contribution in [3.05, 3.63) is 185 Å². The van der Waals surface area contributed by atoms with E-state index in [1.807, 2.05) is 0 Å². The van der Waals surface area contributed by atoms with Gasteiger partial charge >= 0.3 is 0 Å². The molecule has 0 amide bonds. The van der Waals surface area contributed by atoms with Gasteiger partial charge in [-0.15, -0.1) is 0 Å². The first-order valence-electron chi connectivity index (χ1n) is 19.4. The fourth-order valence-electron chi connectivity index (χ4n) is 9.88. The van der Waals surface area contributed by atoms with E-state index in [2.05, 4.69) is 195 Å². The summed E-state index contributed by atoms with van der Waals surface area (Å²) in [4.78, 5) is 2.39. The fourth-order valence-corrected chi connectivity index (χ4v) is 9.88. The van der Waals surface area contributed by atoms with Crippen LogP contribution in [-0.4, -0.2) is 4.57 Å². The topological polar surface area (TPSA) is 8.17 Å². The highest BCUT2D eigenvalue weighted by Gasteiger charge is 2.43. The van der Waals surface area contributed by atoms with Gasteiger partial charge in [0.25, 0.3) is 0 Å². The van der Waals surface area contributed by atoms with Gasteiger partial charge in [0.15, 0.2) is 0 Å². The van der Waals surface area contributed by atoms with Crippen LogP contribution in [0.25, 0.3) is 55.8 Å². The van der Waals surface area contributed by atoms with Crippen molar-refractivity contribution in [2.75, 3.05) is 4.90 Å². The van der Waals surface area contributed by atoms with Gasteiger partial charge in [-0.2, -0.15) is 0 Å². The lowest BCUT2D eigenvalue weighted by Gasteiger charge is -2.42. The third-order valence-electron chi connectivity index (χ3n) is 12.8. The van der Waals surface area contributed by atoms with Crippen molar-refractivity contribution in [2.45, 2.75) is 51.4 Å². The normalized spacial score (nSPS) is 15.5. The summed E-state index contributed by atoms with van der Waals surface area (Å²) in [6, 6.07) is 54.7. The van der Waals surface area contributed by atoms with Gasteiger partial charge in [0, 0.05) is 38.7 Å². The van der Waals surface area contributed by atoms with Crippen LogP contribution in [0, 0.1) is 0 Å². The Morgan fingerprint density at radius 1 is 0.481 bits per heavy atom. The molecule has 260 valence electrons. The summed E-state index contributed by atoms with van der Waals surface area (Å²) in [7, 11) is 0. The van der Waals surface area contributed by atoms with Gasteiger partial charge in [-0.3, -0.25) is 0 Å². The number of aryl methyl sites for hydroxylation is 1. The Kier molecular flexibility index (Phi) is 6.51. The molecule has 0 fully saturated rings. The zero-order valence-electron chi connectivity index (χ0n) is 31.3. The summed E-state index contributed by atoms with van der Waals surface area (Å²) in [5.41, 5.74) is 20.7. The molecule has 54 heavy (non-hydrogen) atoms. The number of benzene rings is 7. The second-order valence-corrected chi connectivity index (χ2v) is 16.5. The molecular formula is C52H42N2. The van der Waals surface area contributed by atoms with Crippen molar-refractivity contribution in [1.82, 2.24) is 4.57 Å². The average Bonchev–Trinajstić information content (AvgIpc) is 3.54. The molecule has 8 aromatic rings. The van der Waals surface area contributed by atoms with Crippen LogP contribution in [0.2, 0.25) is 0 Å². The highest BCUT2D eigenvalue weighted by Crippen LogP contribution is 2.56. The predicted octanol–water partition coefficient (Wildman–Crippen LogP) is 13.8. The molecule has 0 saturated carbocycles. The Labute approximate surface area is 317 Å². The third kappa shape index (κ3) is 4.34. The molecule has 0 radical (unpaired) electrons. The second-order valence-electron chi connectivity index (χ2n) is 16.5. The first-order valence-corrected chi connectivity index (χ1v) is 19.4. The first kappa shape index (κ1) is 31.4. The molecule has 2 heteroatoms. The largest absolute Gasteiger partial charge is 0.310 e. The molecule has 0 atom stereocenters. The van der Waals surface area contributed by atoms with Gasteiger partial charge < -0.3 is 9.47 Å². The molecule has 3 aliphatic rings. The Balaban J connectivity index is 1.13. The lowest BCUT2D eigenvalue weighted by Crippen LogP contribution is -2.33. The number of allylic oxidation sites excluding steroid dienone is 1. The highest BCUT2D eigenvalue weighted by molar-refractivity contribution is 6.16. The van der Waals surface area contributed by atoms with Crippen molar-refractivity contribution < 1.29 is 0 Å². The number of hydrogen-bond acceptors (Lipinski definition) is 1. The number of anilines is 3. The van der Waals surface area contributed by atoms with Gasteiger partial charge in [0.1, 0.15) is 0 Å². The van der Waals surface area contributed by atoms with Gasteiger partial charge in [-0.25, -0.2) is 0 Å². The van der Waals surface area contributed by atoms with Crippen molar-refractivity contribution in [2.24, 2.45) is 0 Å². The molecule has 0 spiro atoms. The number of aromatic nitrogens is 1. The Morgan fingerprint density at radius 3 is 1.67 bits per heavy atom. The average molecular weight is 695 g/mol. The monoisotopic (exact) mass is 694 g/mol. The third-order valence-corrected chi connectivity index (χ3v) is 12.8. The Morgan fingerprint density at radius 2 is 1.04 bits per heavy atom. The van der Waals surface area contributed by atoms with Crippen LogP contribution in [0.15, 0.2) is 152 Å². The molecule has 0 unspecified atom stereocenters. The summed E-state index contributed by atoms with van der Waals surface area (Å²) in [5, 5.41) is 2.67. The molecule has 11 rings (SSSR count). The smallest absolute Gasteiger partial charge is 0.0582 e.